The number of rotatable bonds is 16. The zero-order valence-corrected chi connectivity index (χ0v) is 25.1. The summed E-state index contributed by atoms with van der Waals surface area (Å²) in [6.45, 7) is 4.82. The molecule has 1 fully saturated rings. The summed E-state index contributed by atoms with van der Waals surface area (Å²) in [6, 6.07) is 29.7. The monoisotopic (exact) mass is 592 g/mol. The summed E-state index contributed by atoms with van der Waals surface area (Å²) in [4.78, 5) is 24.5. The molecule has 7 nitrogen and oxygen atoms in total. The highest BCUT2D eigenvalue weighted by Gasteiger charge is 2.49. The molecule has 0 aliphatic carbocycles. The minimum absolute atomic E-state index is 0.0000945. The van der Waals surface area contributed by atoms with Crippen molar-refractivity contribution in [3.8, 4) is 0 Å². The van der Waals surface area contributed by atoms with Gasteiger partial charge in [0.25, 0.3) is 0 Å². The Hall–Kier alpha value is -3.01. The molecule has 4 rings (SSSR count). The van der Waals surface area contributed by atoms with Crippen LogP contribution in [0.2, 0.25) is 0 Å². The first-order chi connectivity index (χ1) is 20.5. The Morgan fingerprint density at radius 1 is 0.714 bits per heavy atom. The molecule has 0 saturated carbocycles. The van der Waals surface area contributed by atoms with Crippen LogP contribution in [0.25, 0.3) is 0 Å². The molecular weight excluding hydrogens is 552 g/mol. The van der Waals surface area contributed by atoms with Crippen molar-refractivity contribution in [2.24, 2.45) is 0 Å². The lowest BCUT2D eigenvalue weighted by Crippen LogP contribution is -2.60. The Morgan fingerprint density at radius 3 is 1.76 bits per heavy atom. The van der Waals surface area contributed by atoms with Crippen molar-refractivity contribution in [3.63, 3.8) is 0 Å². The van der Waals surface area contributed by atoms with Crippen LogP contribution in [0.1, 0.15) is 43.4 Å². The Labute approximate surface area is 252 Å². The number of benzene rings is 3. The van der Waals surface area contributed by atoms with Crippen LogP contribution in [0.4, 0.5) is 0 Å². The summed E-state index contributed by atoms with van der Waals surface area (Å²) in [5, 5.41) is 0. The third kappa shape index (κ3) is 10.1. The maximum absolute atomic E-state index is 12.9. The van der Waals surface area contributed by atoms with Crippen LogP contribution in [0, 0.1) is 0 Å². The van der Waals surface area contributed by atoms with Crippen LogP contribution in [-0.4, -0.2) is 54.0 Å². The van der Waals surface area contributed by atoms with Gasteiger partial charge in [0.05, 0.1) is 32.8 Å². The minimum Gasteiger partial charge on any atom is -0.456 e. The molecule has 5 atom stereocenters. The van der Waals surface area contributed by atoms with E-state index < -0.39 is 35.8 Å². The normalized spacial score (nSPS) is 22.0. The van der Waals surface area contributed by atoms with Crippen LogP contribution in [0.5, 0.6) is 0 Å². The summed E-state index contributed by atoms with van der Waals surface area (Å²) in [7, 11) is 0. The number of carbonyl (C=O) groups is 2. The molecule has 1 aliphatic heterocycles. The molecule has 0 N–H and O–H groups in total. The van der Waals surface area contributed by atoms with Gasteiger partial charge in [-0.2, -0.15) is 0 Å². The van der Waals surface area contributed by atoms with Crippen molar-refractivity contribution in [1.29, 1.82) is 0 Å². The van der Waals surface area contributed by atoms with Crippen molar-refractivity contribution < 1.29 is 33.3 Å². The largest absolute Gasteiger partial charge is 0.456 e. The molecule has 8 heteroatoms. The lowest BCUT2D eigenvalue weighted by atomic mass is 9.98. The van der Waals surface area contributed by atoms with Gasteiger partial charge in [-0.1, -0.05) is 97.9 Å². The Kier molecular flexibility index (Phi) is 13.1. The molecule has 0 radical (unpaired) electrons. The predicted octanol–water partition coefficient (Wildman–Crippen LogP) is 6.13. The Bertz CT molecular complexity index is 1210. The third-order valence-corrected chi connectivity index (χ3v) is 7.88. The van der Waals surface area contributed by atoms with Crippen LogP contribution in [0.15, 0.2) is 91.0 Å². The van der Waals surface area contributed by atoms with Gasteiger partial charge in [-0.15, -0.1) is 11.8 Å². The van der Waals surface area contributed by atoms with E-state index in [0.29, 0.717) is 19.8 Å². The highest BCUT2D eigenvalue weighted by molar-refractivity contribution is 7.99. The van der Waals surface area contributed by atoms with Crippen molar-refractivity contribution in [1.82, 2.24) is 0 Å². The van der Waals surface area contributed by atoms with Crippen LogP contribution < -0.4 is 0 Å². The SMILES string of the molecule is CCS[C@@H]1O[C@H](COCc2ccccc2)[C@H](OCc2ccccc2)[C@H](OCc2ccccc2)[C@H]1OC(=O)CCC(C)=O. The standard InChI is InChI=1S/C34H40O7S/c1-3-42-34-33(41-30(36)20-19-25(2)35)32(39-23-28-17-11-6-12-18-28)31(38-22-27-15-9-5-10-16-27)29(40-34)24-37-21-26-13-7-4-8-14-26/h4-18,29,31-34H,3,19-24H2,1-2H3/t29-,31+,32+,33-,34+/m1/s1. The maximum Gasteiger partial charge on any atom is 0.306 e. The number of hydrogen-bond donors (Lipinski definition) is 0. The predicted molar refractivity (Wildman–Crippen MR) is 163 cm³/mol. The number of ether oxygens (including phenoxy) is 5. The smallest absolute Gasteiger partial charge is 0.306 e. The van der Waals surface area contributed by atoms with Gasteiger partial charge >= 0.3 is 5.97 Å². The molecule has 0 amide bonds. The van der Waals surface area contributed by atoms with Crippen molar-refractivity contribution in [3.05, 3.63) is 108 Å². The lowest BCUT2D eigenvalue weighted by molar-refractivity contribution is -0.249. The van der Waals surface area contributed by atoms with Gasteiger partial charge in [0, 0.05) is 6.42 Å². The minimum atomic E-state index is -0.746. The number of hydrogen-bond acceptors (Lipinski definition) is 8. The summed E-state index contributed by atoms with van der Waals surface area (Å²) >= 11 is 1.54. The number of thioether (sulfide) groups is 1. The summed E-state index contributed by atoms with van der Waals surface area (Å²) in [6.07, 6.45) is -2.34. The first kappa shape index (κ1) is 31.9. The number of carbonyl (C=O) groups excluding carboxylic acids is 2. The second kappa shape index (κ2) is 17.2. The van der Waals surface area contributed by atoms with E-state index in [1.165, 1.54) is 6.92 Å². The number of Topliss-reactive ketones (excluding diaryl/α,β-unsaturated/α-hetero) is 1. The van der Waals surface area contributed by atoms with Crippen molar-refractivity contribution in [2.45, 2.75) is 76.4 Å². The molecule has 3 aromatic rings. The first-order valence-corrected chi connectivity index (χ1v) is 15.5. The molecule has 1 aliphatic rings. The highest BCUT2D eigenvalue weighted by atomic mass is 32.2. The fourth-order valence-corrected chi connectivity index (χ4v) is 5.67. The average Bonchev–Trinajstić information content (AvgIpc) is 3.01. The third-order valence-electron chi connectivity index (χ3n) is 6.84. The Morgan fingerprint density at radius 2 is 1.24 bits per heavy atom. The van der Waals surface area contributed by atoms with E-state index in [4.69, 9.17) is 23.7 Å². The number of ketones is 1. The van der Waals surface area contributed by atoms with Crippen LogP contribution in [0.3, 0.4) is 0 Å². The van der Waals surface area contributed by atoms with Crippen LogP contribution >= 0.6 is 11.8 Å². The molecular formula is C34H40O7S. The van der Waals surface area contributed by atoms with Gasteiger partial charge in [-0.25, -0.2) is 0 Å². The topological polar surface area (TPSA) is 80.3 Å². The van der Waals surface area contributed by atoms with Gasteiger partial charge in [-0.05, 0) is 29.4 Å². The van der Waals surface area contributed by atoms with Crippen molar-refractivity contribution >= 4 is 23.5 Å². The zero-order valence-electron chi connectivity index (χ0n) is 24.3. The first-order valence-electron chi connectivity index (χ1n) is 14.4. The quantitative estimate of drug-likeness (QED) is 0.184. The molecule has 0 spiro atoms. The second-order valence-corrected chi connectivity index (χ2v) is 11.6. The van der Waals surface area contributed by atoms with Gasteiger partial charge < -0.3 is 28.5 Å². The van der Waals surface area contributed by atoms with Gasteiger partial charge in [-0.3, -0.25) is 4.79 Å². The van der Waals surface area contributed by atoms with Gasteiger partial charge in [0.1, 0.15) is 29.5 Å². The molecule has 0 bridgehead atoms. The fourth-order valence-electron chi connectivity index (χ4n) is 4.72. The Balaban J connectivity index is 1.60. The lowest BCUT2D eigenvalue weighted by Gasteiger charge is -2.45. The van der Waals surface area contributed by atoms with E-state index in [9.17, 15) is 9.59 Å². The van der Waals surface area contributed by atoms with E-state index in [0.717, 1.165) is 22.4 Å². The molecule has 3 aromatic carbocycles. The van der Waals surface area contributed by atoms with Gasteiger partial charge in [0.2, 0.25) is 0 Å². The van der Waals surface area contributed by atoms with Crippen LogP contribution in [-0.2, 0) is 53.1 Å². The maximum atomic E-state index is 12.9. The molecule has 1 saturated heterocycles. The average molecular weight is 593 g/mol. The zero-order chi connectivity index (χ0) is 29.6. The summed E-state index contributed by atoms with van der Waals surface area (Å²) in [5.74, 6) is 0.211. The molecule has 0 aromatic heterocycles. The highest BCUT2D eigenvalue weighted by Crippen LogP contribution is 2.35. The van der Waals surface area contributed by atoms with E-state index in [1.54, 1.807) is 11.8 Å². The van der Waals surface area contributed by atoms with E-state index in [-0.39, 0.29) is 25.2 Å². The molecule has 1 heterocycles. The molecule has 42 heavy (non-hydrogen) atoms. The number of esters is 1. The second-order valence-electron chi connectivity index (χ2n) is 10.2. The van der Waals surface area contributed by atoms with E-state index >= 15 is 0 Å². The van der Waals surface area contributed by atoms with Crippen molar-refractivity contribution in [2.75, 3.05) is 12.4 Å². The molecule has 0 unspecified atom stereocenters. The summed E-state index contributed by atoms with van der Waals surface area (Å²) in [5.41, 5.74) is 2.55. The van der Waals surface area contributed by atoms with Gasteiger partial charge in [0.15, 0.2) is 6.10 Å². The van der Waals surface area contributed by atoms with E-state index in [2.05, 4.69) is 0 Å². The summed E-state index contributed by atoms with van der Waals surface area (Å²) < 4.78 is 31.9. The fraction of sp³-hybridized carbons (Fsp3) is 0.412. The van der Waals surface area contributed by atoms with E-state index in [1.807, 2.05) is 97.9 Å². The molecule has 224 valence electrons.